The Kier molecular flexibility index (Phi) is 4.40. The number of hydrogen-bond acceptors (Lipinski definition) is 2. The number of carbonyl (C=O) groups is 2. The van der Waals surface area contributed by atoms with Gasteiger partial charge in [-0.2, -0.15) is 13.2 Å². The summed E-state index contributed by atoms with van der Waals surface area (Å²) >= 11 is 0. The molecule has 0 heterocycles. The first-order valence-corrected chi connectivity index (χ1v) is 6.49. The number of carbonyl (C=O) groups excluding carboxylic acids is 1. The zero-order chi connectivity index (χ0) is 17.2. The van der Waals surface area contributed by atoms with Gasteiger partial charge < -0.3 is 10.0 Å². The molecular weight excluding hydrogens is 311 g/mol. The number of anilines is 1. The lowest BCUT2D eigenvalue weighted by atomic mass is 10.0. The Balaban J connectivity index is 2.54. The highest BCUT2D eigenvalue weighted by molar-refractivity contribution is 6.37. The minimum absolute atomic E-state index is 0.208. The quantitative estimate of drug-likeness (QED) is 0.862. The highest BCUT2D eigenvalue weighted by Gasteiger charge is 2.30. The van der Waals surface area contributed by atoms with Gasteiger partial charge in [-0.25, -0.2) is 4.79 Å². The number of halogens is 3. The molecule has 2 rings (SSSR count). The number of rotatable bonds is 2. The predicted molar refractivity (Wildman–Crippen MR) is 77.9 cm³/mol. The molecule has 0 spiro atoms. The van der Waals surface area contributed by atoms with Crippen LogP contribution in [0.3, 0.4) is 0 Å². The van der Waals surface area contributed by atoms with Crippen molar-refractivity contribution >= 4 is 17.6 Å². The van der Waals surface area contributed by atoms with Crippen molar-refractivity contribution in [2.45, 2.75) is 6.18 Å². The summed E-state index contributed by atoms with van der Waals surface area (Å²) in [4.78, 5) is 23.3. The van der Waals surface area contributed by atoms with Gasteiger partial charge in [-0.15, -0.1) is 0 Å². The number of aliphatic carboxylic acids is 1. The Hall–Kier alpha value is -2.83. The SMILES string of the molecule is CN(C(=O)C(=O)O)c1ccccc1-c1cccc(C(F)(F)F)c1. The van der Waals surface area contributed by atoms with E-state index in [1.165, 1.54) is 31.3 Å². The normalized spacial score (nSPS) is 11.1. The number of nitrogens with zero attached hydrogens (tertiary/aromatic N) is 1. The molecule has 2 aromatic carbocycles. The molecule has 2 aromatic rings. The van der Waals surface area contributed by atoms with E-state index >= 15 is 0 Å². The van der Waals surface area contributed by atoms with E-state index in [1.54, 1.807) is 12.1 Å². The van der Waals surface area contributed by atoms with Crippen molar-refractivity contribution in [2.75, 3.05) is 11.9 Å². The summed E-state index contributed by atoms with van der Waals surface area (Å²) in [6, 6.07) is 10.8. The fraction of sp³-hybridized carbons (Fsp3) is 0.125. The minimum Gasteiger partial charge on any atom is -0.474 e. The summed E-state index contributed by atoms with van der Waals surface area (Å²) < 4.78 is 38.5. The Morgan fingerprint density at radius 2 is 1.70 bits per heavy atom. The van der Waals surface area contributed by atoms with Gasteiger partial charge in [-0.1, -0.05) is 30.3 Å². The topological polar surface area (TPSA) is 57.6 Å². The van der Waals surface area contributed by atoms with Crippen LogP contribution in [0.5, 0.6) is 0 Å². The van der Waals surface area contributed by atoms with Gasteiger partial charge in [0.25, 0.3) is 0 Å². The molecule has 23 heavy (non-hydrogen) atoms. The van der Waals surface area contributed by atoms with Gasteiger partial charge in [0.2, 0.25) is 0 Å². The van der Waals surface area contributed by atoms with Gasteiger partial charge in [0.15, 0.2) is 0 Å². The third-order valence-electron chi connectivity index (χ3n) is 3.25. The van der Waals surface area contributed by atoms with Crippen molar-refractivity contribution in [3.63, 3.8) is 0 Å². The molecule has 1 amide bonds. The minimum atomic E-state index is -4.49. The van der Waals surface area contributed by atoms with Crippen LogP contribution >= 0.6 is 0 Å². The summed E-state index contributed by atoms with van der Waals surface area (Å²) in [5, 5.41) is 8.79. The van der Waals surface area contributed by atoms with E-state index in [9.17, 15) is 22.8 Å². The average Bonchev–Trinajstić information content (AvgIpc) is 2.52. The first-order valence-electron chi connectivity index (χ1n) is 6.49. The van der Waals surface area contributed by atoms with Crippen molar-refractivity contribution in [1.29, 1.82) is 0 Å². The van der Waals surface area contributed by atoms with Crippen LogP contribution in [0.1, 0.15) is 5.56 Å². The number of benzene rings is 2. The van der Waals surface area contributed by atoms with Gasteiger partial charge in [0.1, 0.15) is 0 Å². The second-order valence-corrected chi connectivity index (χ2v) is 4.77. The third-order valence-corrected chi connectivity index (χ3v) is 3.25. The highest BCUT2D eigenvalue weighted by Crippen LogP contribution is 2.35. The van der Waals surface area contributed by atoms with Gasteiger partial charge in [0.05, 0.1) is 11.3 Å². The number of para-hydroxylation sites is 1. The van der Waals surface area contributed by atoms with Crippen LogP contribution in [0.15, 0.2) is 48.5 Å². The van der Waals surface area contributed by atoms with Crippen LogP contribution in [0, 0.1) is 0 Å². The molecule has 4 nitrogen and oxygen atoms in total. The van der Waals surface area contributed by atoms with Crippen molar-refractivity contribution in [3.8, 4) is 11.1 Å². The van der Waals surface area contributed by atoms with Gasteiger partial charge >= 0.3 is 18.1 Å². The van der Waals surface area contributed by atoms with Gasteiger partial charge in [0, 0.05) is 12.6 Å². The fourth-order valence-electron chi connectivity index (χ4n) is 2.13. The molecule has 120 valence electrons. The number of carboxylic acids is 1. The van der Waals surface area contributed by atoms with E-state index in [1.807, 2.05) is 0 Å². The number of alkyl halides is 3. The molecule has 7 heteroatoms. The van der Waals surface area contributed by atoms with Crippen LogP contribution < -0.4 is 4.90 Å². The molecule has 0 aromatic heterocycles. The number of hydrogen-bond donors (Lipinski definition) is 1. The Labute approximate surface area is 129 Å². The maximum absolute atomic E-state index is 12.8. The second-order valence-electron chi connectivity index (χ2n) is 4.77. The lowest BCUT2D eigenvalue weighted by molar-refractivity contribution is -0.148. The summed E-state index contributed by atoms with van der Waals surface area (Å²) in [6.07, 6.45) is -4.49. The van der Waals surface area contributed by atoms with Crippen LogP contribution in [0.25, 0.3) is 11.1 Å². The monoisotopic (exact) mass is 323 g/mol. The van der Waals surface area contributed by atoms with Crippen molar-refractivity contribution in [1.82, 2.24) is 0 Å². The molecule has 0 radical (unpaired) electrons. The zero-order valence-electron chi connectivity index (χ0n) is 12.0. The molecule has 0 aliphatic rings. The zero-order valence-corrected chi connectivity index (χ0v) is 12.0. The van der Waals surface area contributed by atoms with Crippen molar-refractivity contribution < 1.29 is 27.9 Å². The summed E-state index contributed by atoms with van der Waals surface area (Å²) in [6.45, 7) is 0. The molecule has 0 bridgehead atoms. The Bertz CT molecular complexity index is 756. The predicted octanol–water partition coefficient (Wildman–Crippen LogP) is 3.42. The van der Waals surface area contributed by atoms with Gasteiger partial charge in [-0.3, -0.25) is 4.79 Å². The highest BCUT2D eigenvalue weighted by atomic mass is 19.4. The molecule has 0 saturated carbocycles. The molecule has 0 aliphatic heterocycles. The number of carboxylic acid groups (broad SMARTS) is 1. The van der Waals surface area contributed by atoms with Crippen LogP contribution in [-0.4, -0.2) is 24.0 Å². The van der Waals surface area contributed by atoms with Crippen molar-refractivity contribution in [2.24, 2.45) is 0 Å². The van der Waals surface area contributed by atoms with E-state index in [0.29, 0.717) is 5.56 Å². The summed E-state index contributed by atoms with van der Waals surface area (Å²) in [5.41, 5.74) is -0.0487. The van der Waals surface area contributed by atoms with E-state index < -0.39 is 23.6 Å². The summed E-state index contributed by atoms with van der Waals surface area (Å²) in [7, 11) is 1.25. The number of likely N-dealkylation sites (N-methyl/N-ethyl adjacent to an activating group) is 1. The van der Waals surface area contributed by atoms with E-state index in [2.05, 4.69) is 0 Å². The molecule has 0 unspecified atom stereocenters. The molecule has 0 aliphatic carbocycles. The van der Waals surface area contributed by atoms with Crippen LogP contribution in [0.4, 0.5) is 18.9 Å². The molecule has 0 atom stereocenters. The Morgan fingerprint density at radius 3 is 2.30 bits per heavy atom. The fourth-order valence-corrected chi connectivity index (χ4v) is 2.13. The molecule has 0 saturated heterocycles. The standard InChI is InChI=1S/C16H12F3NO3/c1-20(14(21)15(22)23)13-8-3-2-7-12(13)10-5-4-6-11(9-10)16(17,18)19/h2-9H,1H3,(H,22,23). The van der Waals surface area contributed by atoms with Crippen LogP contribution in [-0.2, 0) is 15.8 Å². The molecular formula is C16H12F3NO3. The van der Waals surface area contributed by atoms with Crippen LogP contribution in [0.2, 0.25) is 0 Å². The third kappa shape index (κ3) is 3.50. The van der Waals surface area contributed by atoms with E-state index in [4.69, 9.17) is 5.11 Å². The molecule has 1 N–H and O–H groups in total. The lowest BCUT2D eigenvalue weighted by Gasteiger charge is -2.19. The summed E-state index contributed by atoms with van der Waals surface area (Å²) in [5.74, 6) is -2.82. The average molecular weight is 323 g/mol. The largest absolute Gasteiger partial charge is 0.474 e. The second kappa shape index (κ2) is 6.12. The number of amides is 1. The maximum atomic E-state index is 12.8. The maximum Gasteiger partial charge on any atom is 0.416 e. The smallest absolute Gasteiger partial charge is 0.416 e. The van der Waals surface area contributed by atoms with E-state index in [0.717, 1.165) is 17.0 Å². The molecule has 0 fully saturated rings. The van der Waals surface area contributed by atoms with Crippen molar-refractivity contribution in [3.05, 3.63) is 54.1 Å². The first-order chi connectivity index (χ1) is 10.7. The Morgan fingerprint density at radius 1 is 1.04 bits per heavy atom. The first kappa shape index (κ1) is 16.5. The van der Waals surface area contributed by atoms with E-state index in [-0.39, 0.29) is 11.3 Å². The lowest BCUT2D eigenvalue weighted by Crippen LogP contribution is -2.33. The van der Waals surface area contributed by atoms with Gasteiger partial charge in [-0.05, 0) is 23.8 Å².